The minimum atomic E-state index is -3.76. The van der Waals surface area contributed by atoms with Crippen molar-refractivity contribution in [1.29, 1.82) is 0 Å². The van der Waals surface area contributed by atoms with Gasteiger partial charge in [0.05, 0.1) is 10.3 Å². The number of hydrogen-bond acceptors (Lipinski definition) is 4. The third kappa shape index (κ3) is 4.28. The van der Waals surface area contributed by atoms with Crippen molar-refractivity contribution in [2.45, 2.75) is 24.7 Å². The molecule has 0 atom stereocenters. The van der Waals surface area contributed by atoms with Crippen LogP contribution >= 0.6 is 0 Å². The number of rotatable bonds is 7. The molecule has 1 amide bonds. The van der Waals surface area contributed by atoms with E-state index in [9.17, 15) is 18.0 Å². The Morgan fingerprint density at radius 3 is 2.15 bits per heavy atom. The standard InChI is InChI=1S/C19H20N2O5S/c1-13-2-6-15(7-3-13)21-27(25,26)16-8-4-14(5-9-16)17(22)20-12-19(10-11-19)18(23)24/h2-9,21H,10-12H2,1H3,(H,20,22)(H,23,24). The molecule has 0 radical (unpaired) electrons. The summed E-state index contributed by atoms with van der Waals surface area (Å²) in [4.78, 5) is 23.3. The minimum Gasteiger partial charge on any atom is -0.481 e. The van der Waals surface area contributed by atoms with Crippen molar-refractivity contribution in [3.05, 3.63) is 59.7 Å². The average molecular weight is 388 g/mol. The van der Waals surface area contributed by atoms with Gasteiger partial charge in [-0.1, -0.05) is 17.7 Å². The van der Waals surface area contributed by atoms with Gasteiger partial charge in [-0.3, -0.25) is 14.3 Å². The first-order chi connectivity index (χ1) is 12.7. The van der Waals surface area contributed by atoms with E-state index in [4.69, 9.17) is 5.11 Å². The molecule has 1 aliphatic rings. The van der Waals surface area contributed by atoms with Crippen LogP contribution in [-0.2, 0) is 14.8 Å². The van der Waals surface area contributed by atoms with Crippen molar-refractivity contribution in [3.63, 3.8) is 0 Å². The fraction of sp³-hybridized carbons (Fsp3) is 0.263. The number of aryl methyl sites for hydroxylation is 1. The highest BCUT2D eigenvalue weighted by molar-refractivity contribution is 7.92. The second-order valence-electron chi connectivity index (χ2n) is 6.76. The summed E-state index contributed by atoms with van der Waals surface area (Å²) in [6.45, 7) is 1.97. The first-order valence-corrected chi connectivity index (χ1v) is 9.91. The minimum absolute atomic E-state index is 0.0313. The predicted molar refractivity (Wildman–Crippen MR) is 100 cm³/mol. The van der Waals surface area contributed by atoms with Gasteiger partial charge < -0.3 is 10.4 Å². The maximum absolute atomic E-state index is 12.4. The molecule has 0 saturated heterocycles. The molecule has 7 nitrogen and oxygen atoms in total. The number of sulfonamides is 1. The van der Waals surface area contributed by atoms with Gasteiger partial charge in [-0.2, -0.15) is 0 Å². The lowest BCUT2D eigenvalue weighted by Crippen LogP contribution is -2.34. The zero-order chi connectivity index (χ0) is 19.7. The van der Waals surface area contributed by atoms with E-state index in [1.165, 1.54) is 24.3 Å². The molecular formula is C19H20N2O5S. The van der Waals surface area contributed by atoms with Gasteiger partial charge in [0.2, 0.25) is 0 Å². The van der Waals surface area contributed by atoms with Gasteiger partial charge in [0.15, 0.2) is 0 Å². The number of anilines is 1. The van der Waals surface area contributed by atoms with E-state index in [2.05, 4.69) is 10.0 Å². The number of benzene rings is 2. The summed E-state index contributed by atoms with van der Waals surface area (Å²) in [6.07, 6.45) is 1.09. The SMILES string of the molecule is Cc1ccc(NS(=O)(=O)c2ccc(C(=O)NCC3(C(=O)O)CC3)cc2)cc1. The van der Waals surface area contributed by atoms with Gasteiger partial charge in [-0.25, -0.2) is 8.42 Å². The number of nitrogens with one attached hydrogen (secondary N) is 2. The molecule has 1 fully saturated rings. The van der Waals surface area contributed by atoms with Crippen molar-refractivity contribution < 1.29 is 23.1 Å². The molecule has 0 unspecified atom stereocenters. The predicted octanol–water partition coefficient (Wildman–Crippen LogP) is 2.39. The average Bonchev–Trinajstić information content (AvgIpc) is 3.43. The second-order valence-corrected chi connectivity index (χ2v) is 8.45. The lowest BCUT2D eigenvalue weighted by Gasteiger charge is -2.12. The normalized spacial score (nSPS) is 15.0. The Morgan fingerprint density at radius 1 is 1.04 bits per heavy atom. The molecule has 2 aromatic carbocycles. The number of amides is 1. The van der Waals surface area contributed by atoms with E-state index in [1.54, 1.807) is 24.3 Å². The first-order valence-electron chi connectivity index (χ1n) is 8.43. The topological polar surface area (TPSA) is 113 Å². The van der Waals surface area contributed by atoms with E-state index in [0.717, 1.165) is 5.56 Å². The molecule has 0 bridgehead atoms. The highest BCUT2D eigenvalue weighted by Crippen LogP contribution is 2.45. The molecule has 142 valence electrons. The van der Waals surface area contributed by atoms with Crippen molar-refractivity contribution in [3.8, 4) is 0 Å². The molecule has 2 aromatic rings. The molecule has 0 spiro atoms. The zero-order valence-electron chi connectivity index (χ0n) is 14.7. The monoisotopic (exact) mass is 388 g/mol. The Labute approximate surface area is 157 Å². The highest BCUT2D eigenvalue weighted by Gasteiger charge is 2.50. The second kappa shape index (κ2) is 7.03. The summed E-state index contributed by atoms with van der Waals surface area (Å²) in [5.74, 6) is -1.34. The van der Waals surface area contributed by atoms with Crippen LogP contribution in [0.5, 0.6) is 0 Å². The fourth-order valence-corrected chi connectivity index (χ4v) is 3.65. The Kier molecular flexibility index (Phi) is 4.93. The van der Waals surface area contributed by atoms with Gasteiger partial charge in [0, 0.05) is 17.8 Å². The maximum atomic E-state index is 12.4. The molecule has 3 rings (SSSR count). The Hall–Kier alpha value is -2.87. The zero-order valence-corrected chi connectivity index (χ0v) is 15.5. The van der Waals surface area contributed by atoms with Crippen molar-refractivity contribution in [2.24, 2.45) is 5.41 Å². The quantitative estimate of drug-likeness (QED) is 0.674. The smallest absolute Gasteiger partial charge is 0.311 e. The summed E-state index contributed by atoms with van der Waals surface area (Å²) >= 11 is 0. The number of carboxylic acid groups (broad SMARTS) is 1. The van der Waals surface area contributed by atoms with E-state index in [0.29, 0.717) is 18.5 Å². The van der Waals surface area contributed by atoms with Crippen molar-refractivity contribution in [2.75, 3.05) is 11.3 Å². The summed E-state index contributed by atoms with van der Waals surface area (Å²) < 4.78 is 27.3. The van der Waals surface area contributed by atoms with E-state index in [-0.39, 0.29) is 17.0 Å². The van der Waals surface area contributed by atoms with Gasteiger partial charge >= 0.3 is 5.97 Å². The number of carbonyl (C=O) groups is 2. The lowest BCUT2D eigenvalue weighted by atomic mass is 10.1. The summed E-state index contributed by atoms with van der Waals surface area (Å²) in [5.41, 5.74) is 0.886. The summed E-state index contributed by atoms with van der Waals surface area (Å²) in [7, 11) is -3.76. The largest absolute Gasteiger partial charge is 0.481 e. The molecule has 0 aliphatic heterocycles. The van der Waals surface area contributed by atoms with Crippen LogP contribution in [0.4, 0.5) is 5.69 Å². The van der Waals surface area contributed by atoms with E-state index >= 15 is 0 Å². The van der Waals surface area contributed by atoms with Gasteiger partial charge in [0.1, 0.15) is 0 Å². The molecule has 1 aliphatic carbocycles. The molecule has 3 N–H and O–H groups in total. The number of carboxylic acids is 1. The third-order valence-electron chi connectivity index (χ3n) is 4.63. The maximum Gasteiger partial charge on any atom is 0.311 e. The van der Waals surface area contributed by atoms with E-state index < -0.39 is 27.3 Å². The number of aliphatic carboxylic acids is 1. The Balaban J connectivity index is 1.66. The van der Waals surface area contributed by atoms with Gasteiger partial charge in [-0.05, 0) is 56.2 Å². The molecule has 0 heterocycles. The van der Waals surface area contributed by atoms with Crippen molar-refractivity contribution >= 4 is 27.6 Å². The first kappa shape index (κ1) is 18.9. The van der Waals surface area contributed by atoms with Crippen LogP contribution in [0, 0.1) is 12.3 Å². The Bertz CT molecular complexity index is 962. The van der Waals surface area contributed by atoms with Crippen LogP contribution in [0.3, 0.4) is 0 Å². The number of hydrogen-bond donors (Lipinski definition) is 3. The van der Waals surface area contributed by atoms with Crippen molar-refractivity contribution in [1.82, 2.24) is 5.32 Å². The van der Waals surface area contributed by atoms with Crippen LogP contribution in [0.15, 0.2) is 53.4 Å². The number of carbonyl (C=O) groups excluding carboxylic acids is 1. The molecule has 8 heteroatoms. The lowest BCUT2D eigenvalue weighted by molar-refractivity contribution is -0.143. The van der Waals surface area contributed by atoms with Crippen LogP contribution in [0.25, 0.3) is 0 Å². The molecule has 1 saturated carbocycles. The molecular weight excluding hydrogens is 368 g/mol. The van der Waals surface area contributed by atoms with Gasteiger partial charge in [0.25, 0.3) is 15.9 Å². The third-order valence-corrected chi connectivity index (χ3v) is 6.02. The summed E-state index contributed by atoms with van der Waals surface area (Å²) in [6, 6.07) is 12.4. The molecule has 27 heavy (non-hydrogen) atoms. The summed E-state index contributed by atoms with van der Waals surface area (Å²) in [5, 5.41) is 11.7. The van der Waals surface area contributed by atoms with Crippen LogP contribution < -0.4 is 10.0 Å². The van der Waals surface area contributed by atoms with Crippen LogP contribution in [0.2, 0.25) is 0 Å². The Morgan fingerprint density at radius 2 is 1.63 bits per heavy atom. The molecule has 0 aromatic heterocycles. The van der Waals surface area contributed by atoms with Gasteiger partial charge in [-0.15, -0.1) is 0 Å². The fourth-order valence-electron chi connectivity index (χ4n) is 2.59. The van der Waals surface area contributed by atoms with E-state index in [1.807, 2.05) is 6.92 Å². The van der Waals surface area contributed by atoms with Crippen LogP contribution in [0.1, 0.15) is 28.8 Å². The highest BCUT2D eigenvalue weighted by atomic mass is 32.2. The van der Waals surface area contributed by atoms with Crippen LogP contribution in [-0.4, -0.2) is 31.9 Å².